The van der Waals surface area contributed by atoms with Gasteiger partial charge in [0.2, 0.25) is 10.0 Å². The number of nitrogens with zero attached hydrogens (tertiary/aromatic N) is 3. The quantitative estimate of drug-likeness (QED) is 0.774. The first kappa shape index (κ1) is 20.3. The zero-order valence-electron chi connectivity index (χ0n) is 16.8. The minimum Gasteiger partial charge on any atom is -0.490 e. The largest absolute Gasteiger partial charge is 0.490 e. The van der Waals surface area contributed by atoms with Crippen LogP contribution in [0.5, 0.6) is 5.75 Å². The molecule has 1 fully saturated rings. The lowest BCUT2D eigenvalue weighted by Crippen LogP contribution is -2.32. The SMILES string of the molecule is CN1CCC(COc2c(S(N)(=O)=O)ccnc2CN2Cc3ccccc3C2)CC1. The molecule has 1 saturated heterocycles. The van der Waals surface area contributed by atoms with E-state index in [1.165, 1.54) is 23.4 Å². The summed E-state index contributed by atoms with van der Waals surface area (Å²) in [5, 5.41) is 5.47. The van der Waals surface area contributed by atoms with Gasteiger partial charge < -0.3 is 9.64 Å². The fourth-order valence-electron chi connectivity index (χ4n) is 4.12. The molecule has 2 aliphatic heterocycles. The normalized spacial score (nSPS) is 18.7. The number of aromatic nitrogens is 1. The van der Waals surface area contributed by atoms with E-state index in [1.54, 1.807) is 0 Å². The zero-order valence-corrected chi connectivity index (χ0v) is 17.6. The molecule has 1 aromatic heterocycles. The van der Waals surface area contributed by atoms with E-state index in [0.717, 1.165) is 39.0 Å². The summed E-state index contributed by atoms with van der Waals surface area (Å²) in [5.74, 6) is 0.716. The summed E-state index contributed by atoms with van der Waals surface area (Å²) in [4.78, 5) is 9.02. The van der Waals surface area contributed by atoms with E-state index < -0.39 is 10.0 Å². The summed E-state index contributed by atoms with van der Waals surface area (Å²) in [6.45, 7) is 4.68. The summed E-state index contributed by atoms with van der Waals surface area (Å²) in [7, 11) is -1.78. The van der Waals surface area contributed by atoms with Crippen molar-refractivity contribution in [2.45, 2.75) is 37.4 Å². The van der Waals surface area contributed by atoms with E-state index >= 15 is 0 Å². The number of rotatable bonds is 6. The Morgan fingerprint density at radius 3 is 2.41 bits per heavy atom. The molecule has 0 spiro atoms. The summed E-state index contributed by atoms with van der Waals surface area (Å²) in [6.07, 6.45) is 3.58. The maximum atomic E-state index is 12.2. The number of hydrogen-bond donors (Lipinski definition) is 1. The highest BCUT2D eigenvalue weighted by Gasteiger charge is 2.25. The van der Waals surface area contributed by atoms with Gasteiger partial charge in [-0.1, -0.05) is 24.3 Å². The number of benzene rings is 1. The van der Waals surface area contributed by atoms with Crippen LogP contribution in [0.2, 0.25) is 0 Å². The Balaban J connectivity index is 1.53. The molecule has 0 bridgehead atoms. The minimum absolute atomic E-state index is 0.0205. The Bertz CT molecular complexity index is 947. The molecule has 2 aromatic rings. The number of pyridine rings is 1. The predicted octanol–water partition coefficient (Wildman–Crippen LogP) is 1.97. The van der Waals surface area contributed by atoms with E-state index in [-0.39, 0.29) is 4.90 Å². The molecule has 2 N–H and O–H groups in total. The first-order valence-corrected chi connectivity index (χ1v) is 11.6. The molecule has 0 amide bonds. The number of hydrogen-bond acceptors (Lipinski definition) is 6. The lowest BCUT2D eigenvalue weighted by Gasteiger charge is -2.29. The molecule has 4 rings (SSSR count). The van der Waals surface area contributed by atoms with Gasteiger partial charge in [-0.05, 0) is 56.1 Å². The van der Waals surface area contributed by atoms with Crippen LogP contribution in [0.3, 0.4) is 0 Å². The summed E-state index contributed by atoms with van der Waals surface area (Å²) >= 11 is 0. The van der Waals surface area contributed by atoms with Crippen molar-refractivity contribution < 1.29 is 13.2 Å². The Morgan fingerprint density at radius 1 is 1.14 bits per heavy atom. The highest BCUT2D eigenvalue weighted by molar-refractivity contribution is 7.89. The van der Waals surface area contributed by atoms with Crippen molar-refractivity contribution in [3.8, 4) is 5.75 Å². The molecule has 8 heteroatoms. The van der Waals surface area contributed by atoms with E-state index in [4.69, 9.17) is 9.88 Å². The zero-order chi connectivity index (χ0) is 20.4. The maximum absolute atomic E-state index is 12.2. The fraction of sp³-hybridized carbons (Fsp3) is 0.476. The number of primary sulfonamides is 1. The molecule has 3 heterocycles. The third kappa shape index (κ3) is 4.78. The second-order valence-electron chi connectivity index (χ2n) is 8.10. The summed E-state index contributed by atoms with van der Waals surface area (Å²) < 4.78 is 30.4. The smallest absolute Gasteiger partial charge is 0.241 e. The van der Waals surface area contributed by atoms with Gasteiger partial charge in [0.15, 0.2) is 5.75 Å². The van der Waals surface area contributed by atoms with Crippen LogP contribution in [0.15, 0.2) is 41.4 Å². The Morgan fingerprint density at radius 2 is 1.79 bits per heavy atom. The Kier molecular flexibility index (Phi) is 5.87. The molecule has 2 aliphatic rings. The number of fused-ring (bicyclic) bond motifs is 1. The third-order valence-electron chi connectivity index (χ3n) is 5.83. The van der Waals surface area contributed by atoms with E-state index in [9.17, 15) is 8.42 Å². The Hall–Kier alpha value is -2.00. The number of piperidine rings is 1. The molecule has 156 valence electrons. The summed E-state index contributed by atoms with van der Waals surface area (Å²) in [5.41, 5.74) is 3.21. The first-order valence-electron chi connectivity index (χ1n) is 10.0. The number of sulfonamides is 1. The second-order valence-corrected chi connectivity index (χ2v) is 9.63. The van der Waals surface area contributed by atoms with Gasteiger partial charge in [-0.25, -0.2) is 13.6 Å². The number of likely N-dealkylation sites (tertiary alicyclic amines) is 1. The van der Waals surface area contributed by atoms with Crippen LogP contribution in [0.1, 0.15) is 29.7 Å². The molecule has 0 unspecified atom stereocenters. The van der Waals surface area contributed by atoms with Crippen molar-refractivity contribution in [3.05, 3.63) is 53.3 Å². The van der Waals surface area contributed by atoms with Crippen molar-refractivity contribution in [2.24, 2.45) is 11.1 Å². The van der Waals surface area contributed by atoms with Gasteiger partial charge in [0.1, 0.15) is 4.90 Å². The monoisotopic (exact) mass is 416 g/mol. The van der Waals surface area contributed by atoms with Crippen LogP contribution in [0, 0.1) is 5.92 Å². The van der Waals surface area contributed by atoms with Gasteiger partial charge in [-0.15, -0.1) is 0 Å². The van der Waals surface area contributed by atoms with Gasteiger partial charge in [0.05, 0.1) is 12.3 Å². The average Bonchev–Trinajstić information content (AvgIpc) is 3.09. The van der Waals surface area contributed by atoms with Crippen LogP contribution in [0.4, 0.5) is 0 Å². The van der Waals surface area contributed by atoms with Crippen molar-refractivity contribution in [3.63, 3.8) is 0 Å². The molecular weight excluding hydrogens is 388 g/mol. The highest BCUT2D eigenvalue weighted by Crippen LogP contribution is 2.31. The molecule has 1 aromatic carbocycles. The maximum Gasteiger partial charge on any atom is 0.241 e. The van der Waals surface area contributed by atoms with Gasteiger partial charge in [0.25, 0.3) is 0 Å². The first-order chi connectivity index (χ1) is 13.9. The topological polar surface area (TPSA) is 88.8 Å². The standard InChI is InChI=1S/C21H28N4O3S/c1-24-10-7-16(8-11-24)15-28-21-19(23-9-6-20(21)29(22,26)27)14-25-12-17-4-2-3-5-18(17)13-25/h2-6,9,16H,7-8,10-15H2,1H3,(H2,22,26,27). The molecule has 0 aliphatic carbocycles. The van der Waals surface area contributed by atoms with Crippen molar-refractivity contribution >= 4 is 10.0 Å². The van der Waals surface area contributed by atoms with E-state index in [1.807, 2.05) is 12.1 Å². The van der Waals surface area contributed by atoms with Crippen LogP contribution in [-0.2, 0) is 29.7 Å². The summed E-state index contributed by atoms with van der Waals surface area (Å²) in [6, 6.07) is 9.76. The van der Waals surface area contributed by atoms with Crippen molar-refractivity contribution in [2.75, 3.05) is 26.7 Å². The third-order valence-corrected chi connectivity index (χ3v) is 6.76. The molecule has 0 radical (unpaired) electrons. The molecule has 7 nitrogen and oxygen atoms in total. The van der Waals surface area contributed by atoms with E-state index in [2.05, 4.69) is 34.0 Å². The van der Waals surface area contributed by atoms with Crippen molar-refractivity contribution in [1.29, 1.82) is 0 Å². The predicted molar refractivity (Wildman–Crippen MR) is 111 cm³/mol. The lowest BCUT2D eigenvalue weighted by atomic mass is 9.98. The minimum atomic E-state index is -3.90. The lowest BCUT2D eigenvalue weighted by molar-refractivity contribution is 0.155. The Labute approximate surface area is 172 Å². The van der Waals surface area contributed by atoms with E-state index in [0.29, 0.717) is 30.5 Å². The number of ether oxygens (including phenoxy) is 1. The average molecular weight is 417 g/mol. The fourth-order valence-corrected chi connectivity index (χ4v) is 4.81. The molecule has 29 heavy (non-hydrogen) atoms. The molecule has 0 atom stereocenters. The van der Waals surface area contributed by atoms with Gasteiger partial charge >= 0.3 is 0 Å². The second kappa shape index (κ2) is 8.39. The van der Waals surface area contributed by atoms with Crippen molar-refractivity contribution in [1.82, 2.24) is 14.8 Å². The van der Waals surface area contributed by atoms with Crippen LogP contribution in [0.25, 0.3) is 0 Å². The molecule has 0 saturated carbocycles. The van der Waals surface area contributed by atoms with Crippen LogP contribution >= 0.6 is 0 Å². The van der Waals surface area contributed by atoms with Gasteiger partial charge in [-0.2, -0.15) is 0 Å². The van der Waals surface area contributed by atoms with Gasteiger partial charge in [-0.3, -0.25) is 9.88 Å². The number of nitrogens with two attached hydrogens (primary N) is 1. The highest BCUT2D eigenvalue weighted by atomic mass is 32.2. The van der Waals surface area contributed by atoms with Gasteiger partial charge in [0, 0.05) is 25.8 Å². The molecular formula is C21H28N4O3S. The van der Waals surface area contributed by atoms with Crippen LogP contribution < -0.4 is 9.88 Å². The van der Waals surface area contributed by atoms with Crippen LogP contribution in [-0.4, -0.2) is 49.9 Å².